The number of rotatable bonds is 10. The van der Waals surface area contributed by atoms with Gasteiger partial charge in [-0.1, -0.05) is 30.7 Å². The van der Waals surface area contributed by atoms with E-state index in [9.17, 15) is 29.5 Å². The van der Waals surface area contributed by atoms with Gasteiger partial charge in [0.2, 0.25) is 5.91 Å². The van der Waals surface area contributed by atoms with E-state index in [4.69, 9.17) is 0 Å². The normalized spacial score (nSPS) is 14.0. The minimum atomic E-state index is -1.38. The lowest BCUT2D eigenvalue weighted by atomic mass is 9.97. The van der Waals surface area contributed by atoms with Crippen molar-refractivity contribution < 1.29 is 28.7 Å². The first-order valence-corrected chi connectivity index (χ1v) is 14.0. The molecule has 0 bridgehead atoms. The van der Waals surface area contributed by atoms with E-state index in [2.05, 4.69) is 11.1 Å². The van der Waals surface area contributed by atoms with Crippen molar-refractivity contribution in [3.63, 3.8) is 0 Å². The van der Waals surface area contributed by atoms with E-state index in [1.807, 2.05) is 13.8 Å². The molecule has 3 rings (SSSR count). The molecule has 1 fully saturated rings. The topological polar surface area (TPSA) is 135 Å². The number of piperidine rings is 1. The molecule has 1 aromatic carbocycles. The number of nitriles is 1. The van der Waals surface area contributed by atoms with Crippen molar-refractivity contribution in [1.29, 1.82) is 5.26 Å². The van der Waals surface area contributed by atoms with Crippen molar-refractivity contribution >= 4 is 35.7 Å². The summed E-state index contributed by atoms with van der Waals surface area (Å²) in [5.74, 6) is -2.48. The first-order chi connectivity index (χ1) is 20.4. The van der Waals surface area contributed by atoms with Crippen molar-refractivity contribution in [2.24, 2.45) is 0 Å². The summed E-state index contributed by atoms with van der Waals surface area (Å²) in [6.07, 6.45) is 2.86. The summed E-state index contributed by atoms with van der Waals surface area (Å²) in [4.78, 5) is 57.5. The highest BCUT2D eigenvalue weighted by atomic mass is 19.1. The molecule has 43 heavy (non-hydrogen) atoms. The van der Waals surface area contributed by atoms with E-state index >= 15 is 4.39 Å². The third-order valence-electron chi connectivity index (χ3n) is 7.63. The molecule has 1 N–H and O–H groups in total. The van der Waals surface area contributed by atoms with Crippen LogP contribution in [0, 0.1) is 31.0 Å². The first-order valence-electron chi connectivity index (χ1n) is 14.0. The monoisotopic (exact) mass is 589 g/mol. The summed E-state index contributed by atoms with van der Waals surface area (Å²) in [5.41, 5.74) is 2.22. The Hall–Kier alpha value is -4.85. The molecule has 1 aliphatic heterocycles. The number of amides is 2. The van der Waals surface area contributed by atoms with E-state index in [-0.39, 0.29) is 24.7 Å². The zero-order chi connectivity index (χ0) is 31.8. The highest BCUT2D eigenvalue weighted by Gasteiger charge is 2.27. The van der Waals surface area contributed by atoms with Gasteiger partial charge < -0.3 is 14.9 Å². The molecular formula is C32H36FN5O5. The summed E-state index contributed by atoms with van der Waals surface area (Å²) < 4.78 is 15.2. The van der Waals surface area contributed by atoms with Crippen LogP contribution in [0.3, 0.4) is 0 Å². The van der Waals surface area contributed by atoms with Gasteiger partial charge in [0.05, 0.1) is 12.6 Å². The predicted molar refractivity (Wildman–Crippen MR) is 160 cm³/mol. The number of benzene rings is 1. The number of anilines is 2. The van der Waals surface area contributed by atoms with Gasteiger partial charge in [0.1, 0.15) is 11.4 Å². The van der Waals surface area contributed by atoms with E-state index in [1.54, 1.807) is 47.9 Å². The molecule has 0 spiro atoms. The number of hydrogen-bond donors (Lipinski definition) is 1. The Labute approximate surface area is 250 Å². The predicted octanol–water partition coefficient (Wildman–Crippen LogP) is 4.72. The molecule has 1 saturated heterocycles. The van der Waals surface area contributed by atoms with Gasteiger partial charge in [0, 0.05) is 43.4 Å². The Balaban J connectivity index is 1.89. The molecular weight excluding hydrogens is 553 g/mol. The minimum Gasteiger partial charge on any atom is -0.478 e. The van der Waals surface area contributed by atoms with Crippen LogP contribution in [0.15, 0.2) is 53.3 Å². The van der Waals surface area contributed by atoms with E-state index in [1.165, 1.54) is 19.2 Å². The van der Waals surface area contributed by atoms with Crippen molar-refractivity contribution in [2.75, 3.05) is 29.4 Å². The standard InChI is InChI=1S/C32H36FN5O5/c1-6-22(4)37(18-26(19-39)32(42)43)29-21(3)15-28(33)30(35-29)36-13-11-24(12-14-36)25(16-34)17-38(23(5)40)31(41)27-10-8-7-9-20(27)2/h7-10,15,18-19,22H,6,11-14,17H2,1-5H3,(H,42,43)/b26-18+. The van der Waals surface area contributed by atoms with Crippen LogP contribution < -0.4 is 9.80 Å². The quantitative estimate of drug-likeness (QED) is 0.137. The highest BCUT2D eigenvalue weighted by molar-refractivity contribution is 6.07. The number of nitrogens with zero attached hydrogens (tertiary/aromatic N) is 5. The Bertz CT molecular complexity index is 1520. The molecule has 1 atom stereocenters. The highest BCUT2D eigenvalue weighted by Crippen LogP contribution is 2.31. The fourth-order valence-electron chi connectivity index (χ4n) is 4.88. The molecule has 226 valence electrons. The van der Waals surface area contributed by atoms with Crippen LogP contribution in [0.5, 0.6) is 0 Å². The Morgan fingerprint density at radius 3 is 2.37 bits per heavy atom. The molecule has 10 nitrogen and oxygen atoms in total. The molecule has 1 aliphatic rings. The second-order valence-electron chi connectivity index (χ2n) is 10.5. The van der Waals surface area contributed by atoms with Crippen molar-refractivity contribution in [2.45, 2.75) is 59.9 Å². The lowest BCUT2D eigenvalue weighted by molar-refractivity contribution is -0.133. The van der Waals surface area contributed by atoms with Crippen molar-refractivity contribution in [3.05, 3.63) is 75.8 Å². The molecule has 2 aromatic rings. The summed E-state index contributed by atoms with van der Waals surface area (Å²) in [7, 11) is 0. The number of aryl methyl sites for hydroxylation is 2. The van der Waals surface area contributed by atoms with E-state index in [0.717, 1.165) is 16.0 Å². The van der Waals surface area contributed by atoms with Crippen LogP contribution in [-0.2, 0) is 14.4 Å². The average Bonchev–Trinajstić information content (AvgIpc) is 2.98. The van der Waals surface area contributed by atoms with Gasteiger partial charge in [-0.15, -0.1) is 0 Å². The van der Waals surface area contributed by atoms with Crippen LogP contribution in [0.25, 0.3) is 0 Å². The number of carboxylic acids is 1. The van der Waals surface area contributed by atoms with Crippen LogP contribution in [0.2, 0.25) is 0 Å². The number of imide groups is 1. The number of aromatic nitrogens is 1. The molecule has 0 aliphatic carbocycles. The van der Waals surface area contributed by atoms with Gasteiger partial charge in [-0.25, -0.2) is 14.2 Å². The summed E-state index contributed by atoms with van der Waals surface area (Å²) in [6.45, 7) is 8.97. The number of aldehydes is 1. The van der Waals surface area contributed by atoms with Crippen molar-refractivity contribution in [1.82, 2.24) is 9.88 Å². The zero-order valence-corrected chi connectivity index (χ0v) is 25.1. The number of aliphatic carboxylic acids is 1. The van der Waals surface area contributed by atoms with Crippen LogP contribution in [0.1, 0.15) is 61.5 Å². The number of carboxylic acid groups (broad SMARTS) is 1. The van der Waals surface area contributed by atoms with Gasteiger partial charge in [-0.05, 0) is 63.3 Å². The maximum atomic E-state index is 15.2. The smallest absolute Gasteiger partial charge is 0.340 e. The summed E-state index contributed by atoms with van der Waals surface area (Å²) in [6, 6.07) is 10.2. The molecule has 2 amide bonds. The van der Waals surface area contributed by atoms with Gasteiger partial charge in [0.25, 0.3) is 5.91 Å². The Kier molecular flexibility index (Phi) is 10.9. The molecule has 2 heterocycles. The number of hydrogen-bond acceptors (Lipinski definition) is 8. The summed E-state index contributed by atoms with van der Waals surface area (Å²) >= 11 is 0. The maximum absolute atomic E-state index is 15.2. The SMILES string of the molecule is CCC(C)N(/C=C(\C=O)C(=O)O)c1nc(N2CCC(=C(C#N)CN(C(C)=O)C(=O)c3ccccc3C)CC2)c(F)cc1C. The minimum absolute atomic E-state index is 0.0722. The fraction of sp³-hybridized carbons (Fsp3) is 0.375. The lowest BCUT2D eigenvalue weighted by Gasteiger charge is -2.33. The molecule has 1 aromatic heterocycles. The molecule has 0 radical (unpaired) electrons. The second-order valence-corrected chi connectivity index (χ2v) is 10.5. The second kappa shape index (κ2) is 14.4. The number of halogens is 1. The third-order valence-corrected chi connectivity index (χ3v) is 7.63. The van der Waals surface area contributed by atoms with E-state index < -0.39 is 29.2 Å². The van der Waals surface area contributed by atoms with Gasteiger partial charge in [-0.2, -0.15) is 5.26 Å². The molecule has 11 heteroatoms. The van der Waals surface area contributed by atoms with E-state index in [0.29, 0.717) is 54.9 Å². The van der Waals surface area contributed by atoms with Gasteiger partial charge >= 0.3 is 5.97 Å². The average molecular weight is 590 g/mol. The molecule has 0 saturated carbocycles. The zero-order valence-electron chi connectivity index (χ0n) is 25.1. The van der Waals surface area contributed by atoms with Crippen molar-refractivity contribution in [3.8, 4) is 6.07 Å². The first kappa shape index (κ1) is 32.7. The number of carbonyl (C=O) groups is 4. The van der Waals surface area contributed by atoms with Crippen LogP contribution in [-0.4, -0.2) is 64.7 Å². The lowest BCUT2D eigenvalue weighted by Crippen LogP contribution is -2.38. The summed E-state index contributed by atoms with van der Waals surface area (Å²) in [5, 5.41) is 19.3. The van der Waals surface area contributed by atoms with Crippen LogP contribution in [0.4, 0.5) is 16.0 Å². The number of carbonyl (C=O) groups excluding carboxylic acids is 3. The fourth-order valence-corrected chi connectivity index (χ4v) is 4.88. The Morgan fingerprint density at radius 1 is 1.19 bits per heavy atom. The Morgan fingerprint density at radius 2 is 1.84 bits per heavy atom. The molecule has 1 unspecified atom stereocenters. The van der Waals surface area contributed by atoms with Gasteiger partial charge in [0.15, 0.2) is 17.9 Å². The van der Waals surface area contributed by atoms with Gasteiger partial charge in [-0.3, -0.25) is 19.3 Å². The third kappa shape index (κ3) is 7.52. The van der Waals surface area contributed by atoms with Crippen LogP contribution >= 0.6 is 0 Å². The number of pyridine rings is 1. The largest absolute Gasteiger partial charge is 0.478 e. The maximum Gasteiger partial charge on any atom is 0.340 e.